The highest BCUT2D eigenvalue weighted by Gasteiger charge is 2.16. The van der Waals surface area contributed by atoms with E-state index in [4.69, 9.17) is 4.74 Å². The van der Waals surface area contributed by atoms with Crippen molar-refractivity contribution < 1.29 is 9.53 Å². The highest BCUT2D eigenvalue weighted by atomic mass is 16.5. The molecule has 2 heterocycles. The Morgan fingerprint density at radius 2 is 1.93 bits per heavy atom. The zero-order valence-electron chi connectivity index (χ0n) is 17.5. The van der Waals surface area contributed by atoms with E-state index in [1.54, 1.807) is 18.0 Å². The van der Waals surface area contributed by atoms with Gasteiger partial charge in [-0.05, 0) is 60.7 Å². The first-order chi connectivity index (χ1) is 14.6. The van der Waals surface area contributed by atoms with E-state index in [0.717, 1.165) is 30.3 Å². The van der Waals surface area contributed by atoms with E-state index in [1.807, 2.05) is 54.7 Å². The van der Waals surface area contributed by atoms with Crippen LogP contribution in [0.4, 0.5) is 11.4 Å². The van der Waals surface area contributed by atoms with E-state index in [1.165, 1.54) is 18.5 Å². The number of rotatable bonds is 6. The lowest BCUT2D eigenvalue weighted by Gasteiger charge is -2.32. The lowest BCUT2D eigenvalue weighted by atomic mass is 9.98. The summed E-state index contributed by atoms with van der Waals surface area (Å²) in [5, 5.41) is 7.28. The van der Waals surface area contributed by atoms with Crippen molar-refractivity contribution >= 4 is 17.3 Å². The summed E-state index contributed by atoms with van der Waals surface area (Å²) >= 11 is 0. The van der Waals surface area contributed by atoms with Crippen LogP contribution in [-0.4, -0.2) is 35.9 Å². The minimum atomic E-state index is -0.130. The number of aromatic nitrogens is 2. The maximum absolute atomic E-state index is 12.6. The van der Waals surface area contributed by atoms with Gasteiger partial charge in [0.25, 0.3) is 5.91 Å². The van der Waals surface area contributed by atoms with E-state index in [0.29, 0.717) is 17.8 Å². The number of benzene rings is 2. The zero-order chi connectivity index (χ0) is 20.9. The second kappa shape index (κ2) is 9.03. The third-order valence-corrected chi connectivity index (χ3v) is 5.65. The second-order valence-electron chi connectivity index (χ2n) is 7.95. The van der Waals surface area contributed by atoms with Gasteiger partial charge in [-0.1, -0.05) is 19.1 Å². The molecular formula is C24H28N4O2. The molecule has 2 aromatic carbocycles. The Kier molecular flexibility index (Phi) is 6.02. The van der Waals surface area contributed by atoms with Crippen molar-refractivity contribution in [2.45, 2.75) is 26.3 Å². The van der Waals surface area contributed by atoms with Crippen LogP contribution in [0, 0.1) is 5.92 Å². The first-order valence-electron chi connectivity index (χ1n) is 10.4. The predicted molar refractivity (Wildman–Crippen MR) is 119 cm³/mol. The topological polar surface area (TPSA) is 59.4 Å². The quantitative estimate of drug-likeness (QED) is 0.660. The molecule has 0 radical (unpaired) electrons. The maximum Gasteiger partial charge on any atom is 0.255 e. The molecular weight excluding hydrogens is 376 g/mol. The second-order valence-corrected chi connectivity index (χ2v) is 7.95. The zero-order valence-corrected chi connectivity index (χ0v) is 17.5. The summed E-state index contributed by atoms with van der Waals surface area (Å²) in [5.74, 6) is 1.49. The number of hydrogen-bond donors (Lipinski definition) is 1. The monoisotopic (exact) mass is 404 g/mol. The highest BCUT2D eigenvalue weighted by molar-refractivity contribution is 6.04. The molecule has 3 aromatic rings. The van der Waals surface area contributed by atoms with Crippen LogP contribution in [0.5, 0.6) is 5.75 Å². The molecule has 156 valence electrons. The summed E-state index contributed by atoms with van der Waals surface area (Å²) in [6.07, 6.45) is 5.95. The van der Waals surface area contributed by atoms with Gasteiger partial charge in [-0.3, -0.25) is 9.48 Å². The van der Waals surface area contributed by atoms with E-state index >= 15 is 0 Å². The van der Waals surface area contributed by atoms with Crippen LogP contribution in [0.1, 0.15) is 35.7 Å². The van der Waals surface area contributed by atoms with Crippen LogP contribution >= 0.6 is 0 Å². The van der Waals surface area contributed by atoms with Crippen molar-refractivity contribution in [1.29, 1.82) is 0 Å². The minimum Gasteiger partial charge on any atom is -0.497 e. The molecule has 0 bridgehead atoms. The number of hydrogen-bond acceptors (Lipinski definition) is 4. The smallest absolute Gasteiger partial charge is 0.255 e. The lowest BCUT2D eigenvalue weighted by Crippen LogP contribution is -2.32. The van der Waals surface area contributed by atoms with E-state index in [9.17, 15) is 4.79 Å². The van der Waals surface area contributed by atoms with Crippen LogP contribution in [0.15, 0.2) is 60.9 Å². The molecule has 0 aliphatic carbocycles. The van der Waals surface area contributed by atoms with Gasteiger partial charge in [0.1, 0.15) is 5.75 Å². The standard InChI is InChI=1S/C24H28N4O2/c1-18-10-12-27(13-11-18)22-8-6-20(7-9-22)24(29)26-21-15-25-28(17-21)16-19-4-3-5-23(14-19)30-2/h3-9,14-15,17-18H,10-13,16H2,1-2H3,(H,26,29). The number of amides is 1. The summed E-state index contributed by atoms with van der Waals surface area (Å²) in [6.45, 7) is 5.08. The van der Waals surface area contributed by atoms with Crippen molar-refractivity contribution in [1.82, 2.24) is 9.78 Å². The highest BCUT2D eigenvalue weighted by Crippen LogP contribution is 2.23. The van der Waals surface area contributed by atoms with Crippen molar-refractivity contribution in [2.24, 2.45) is 5.92 Å². The lowest BCUT2D eigenvalue weighted by molar-refractivity contribution is 0.102. The molecule has 1 saturated heterocycles. The average molecular weight is 405 g/mol. The summed E-state index contributed by atoms with van der Waals surface area (Å²) in [5.41, 5.74) is 3.59. The van der Waals surface area contributed by atoms with Crippen LogP contribution in [0.25, 0.3) is 0 Å². The molecule has 0 atom stereocenters. The van der Waals surface area contributed by atoms with Crippen LogP contribution < -0.4 is 15.0 Å². The molecule has 1 N–H and O–H groups in total. The van der Waals surface area contributed by atoms with Crippen molar-refractivity contribution in [3.8, 4) is 5.75 Å². The molecule has 6 heteroatoms. The molecule has 1 amide bonds. The minimum absolute atomic E-state index is 0.130. The van der Waals surface area contributed by atoms with Crippen LogP contribution in [0.2, 0.25) is 0 Å². The van der Waals surface area contributed by atoms with Crippen molar-refractivity contribution in [3.05, 3.63) is 72.1 Å². The summed E-state index contributed by atoms with van der Waals surface area (Å²) < 4.78 is 7.06. The Balaban J connectivity index is 1.36. The molecule has 30 heavy (non-hydrogen) atoms. The Labute approximate surface area is 177 Å². The van der Waals surface area contributed by atoms with Gasteiger partial charge in [-0.25, -0.2) is 0 Å². The fourth-order valence-electron chi connectivity index (χ4n) is 3.77. The molecule has 4 rings (SSSR count). The molecule has 1 aliphatic rings. The number of nitrogens with one attached hydrogen (secondary N) is 1. The molecule has 1 fully saturated rings. The number of methoxy groups -OCH3 is 1. The van der Waals surface area contributed by atoms with Crippen LogP contribution in [-0.2, 0) is 6.54 Å². The number of carbonyl (C=O) groups excluding carboxylic acids is 1. The Morgan fingerprint density at radius 1 is 1.17 bits per heavy atom. The maximum atomic E-state index is 12.6. The fourth-order valence-corrected chi connectivity index (χ4v) is 3.77. The molecule has 6 nitrogen and oxygen atoms in total. The SMILES string of the molecule is COc1cccc(Cn2cc(NC(=O)c3ccc(N4CCC(C)CC4)cc3)cn2)c1. The van der Waals surface area contributed by atoms with Gasteiger partial charge < -0.3 is 15.0 Å². The number of nitrogens with zero attached hydrogens (tertiary/aromatic N) is 3. The first-order valence-corrected chi connectivity index (χ1v) is 10.4. The third-order valence-electron chi connectivity index (χ3n) is 5.65. The Hall–Kier alpha value is -3.28. The predicted octanol–water partition coefficient (Wildman–Crippen LogP) is 4.43. The number of anilines is 2. The fraction of sp³-hybridized carbons (Fsp3) is 0.333. The molecule has 1 aliphatic heterocycles. The van der Waals surface area contributed by atoms with Gasteiger partial charge in [0.15, 0.2) is 0 Å². The van der Waals surface area contributed by atoms with Gasteiger partial charge in [-0.2, -0.15) is 5.10 Å². The largest absolute Gasteiger partial charge is 0.497 e. The first kappa shape index (κ1) is 20.0. The molecule has 1 aromatic heterocycles. The molecule has 0 spiro atoms. The van der Waals surface area contributed by atoms with Gasteiger partial charge >= 0.3 is 0 Å². The summed E-state index contributed by atoms with van der Waals surface area (Å²) in [6, 6.07) is 15.7. The van der Waals surface area contributed by atoms with Gasteiger partial charge in [0.05, 0.1) is 25.5 Å². The molecule has 0 saturated carbocycles. The number of carbonyl (C=O) groups is 1. The number of ether oxygens (including phenoxy) is 1. The molecule has 0 unspecified atom stereocenters. The van der Waals surface area contributed by atoms with Gasteiger partial charge in [-0.15, -0.1) is 0 Å². The van der Waals surface area contributed by atoms with Crippen molar-refractivity contribution in [2.75, 3.05) is 30.4 Å². The van der Waals surface area contributed by atoms with Gasteiger partial charge in [0, 0.05) is 30.5 Å². The van der Waals surface area contributed by atoms with Crippen molar-refractivity contribution in [3.63, 3.8) is 0 Å². The normalized spacial score (nSPS) is 14.5. The Morgan fingerprint density at radius 3 is 2.67 bits per heavy atom. The third kappa shape index (κ3) is 4.82. The summed E-state index contributed by atoms with van der Waals surface area (Å²) in [4.78, 5) is 15.0. The van der Waals surface area contributed by atoms with Crippen LogP contribution in [0.3, 0.4) is 0 Å². The van der Waals surface area contributed by atoms with E-state index in [2.05, 4.69) is 22.2 Å². The number of piperidine rings is 1. The average Bonchev–Trinajstić information content (AvgIpc) is 3.21. The van der Waals surface area contributed by atoms with Gasteiger partial charge in [0.2, 0.25) is 0 Å². The van der Waals surface area contributed by atoms with E-state index in [-0.39, 0.29) is 5.91 Å². The summed E-state index contributed by atoms with van der Waals surface area (Å²) in [7, 11) is 1.65. The Bertz CT molecular complexity index is 988. The van der Waals surface area contributed by atoms with E-state index < -0.39 is 0 Å².